The summed E-state index contributed by atoms with van der Waals surface area (Å²) in [5.41, 5.74) is 1.41. The largest absolute Gasteiger partial charge is 0.493 e. The Labute approximate surface area is 187 Å². The van der Waals surface area contributed by atoms with Gasteiger partial charge in [0.2, 0.25) is 0 Å². The lowest BCUT2D eigenvalue weighted by Crippen LogP contribution is -2.39. The molecule has 0 fully saturated rings. The van der Waals surface area contributed by atoms with E-state index in [1.165, 1.54) is 12.0 Å². The molecule has 0 saturated carbocycles. The summed E-state index contributed by atoms with van der Waals surface area (Å²) in [5.74, 6) is -1.02. The van der Waals surface area contributed by atoms with Crippen LogP contribution in [0.5, 0.6) is 11.5 Å². The Morgan fingerprint density at radius 2 is 1.69 bits per heavy atom. The minimum atomic E-state index is -0.734. The van der Waals surface area contributed by atoms with E-state index in [9.17, 15) is 14.4 Å². The highest BCUT2D eigenvalue weighted by Crippen LogP contribution is 2.28. The molecule has 2 aromatic rings. The summed E-state index contributed by atoms with van der Waals surface area (Å²) in [7, 11) is 1.50. The summed E-state index contributed by atoms with van der Waals surface area (Å²) >= 11 is 0. The van der Waals surface area contributed by atoms with Crippen molar-refractivity contribution in [2.24, 2.45) is 0 Å². The molecule has 0 heterocycles. The molecule has 0 saturated heterocycles. The van der Waals surface area contributed by atoms with Gasteiger partial charge in [0.25, 0.3) is 5.91 Å². The zero-order chi connectivity index (χ0) is 23.3. The summed E-state index contributed by atoms with van der Waals surface area (Å²) < 4.78 is 20.7. The van der Waals surface area contributed by atoms with Crippen molar-refractivity contribution < 1.29 is 33.3 Å². The van der Waals surface area contributed by atoms with E-state index >= 15 is 0 Å². The van der Waals surface area contributed by atoms with E-state index in [0.717, 1.165) is 5.56 Å². The Kier molecular flexibility index (Phi) is 9.77. The average molecular weight is 441 g/mol. The zero-order valence-corrected chi connectivity index (χ0v) is 18.4. The first-order chi connectivity index (χ1) is 15.5. The standard InChI is InChI=1S/C24H27NO7/c1-4-9-18-12-13-20(21(14-18)29-3)31-17-24(28)32-16-22(26)25(15-23(27)30-5-2)19-10-7-6-8-11-19/h4,6-14H,5,15-17H2,1-3H3/b9-4+. The molecular formula is C24H27NO7. The number of hydrogen-bond acceptors (Lipinski definition) is 7. The van der Waals surface area contributed by atoms with Crippen molar-refractivity contribution in [2.75, 3.05) is 38.4 Å². The van der Waals surface area contributed by atoms with Gasteiger partial charge in [0.05, 0.1) is 13.7 Å². The van der Waals surface area contributed by atoms with Gasteiger partial charge < -0.3 is 18.9 Å². The number of para-hydroxylation sites is 1. The van der Waals surface area contributed by atoms with E-state index in [1.807, 2.05) is 25.1 Å². The van der Waals surface area contributed by atoms with E-state index in [1.54, 1.807) is 49.4 Å². The molecule has 0 radical (unpaired) electrons. The van der Waals surface area contributed by atoms with Gasteiger partial charge in [0.15, 0.2) is 24.7 Å². The first-order valence-corrected chi connectivity index (χ1v) is 10.1. The molecule has 0 bridgehead atoms. The van der Waals surface area contributed by atoms with Crippen LogP contribution in [0.4, 0.5) is 5.69 Å². The third-order valence-corrected chi connectivity index (χ3v) is 4.21. The number of amides is 1. The van der Waals surface area contributed by atoms with Crippen LogP contribution in [0.2, 0.25) is 0 Å². The molecule has 0 aliphatic heterocycles. The van der Waals surface area contributed by atoms with Gasteiger partial charge in [-0.25, -0.2) is 4.79 Å². The number of methoxy groups -OCH3 is 1. The molecule has 2 rings (SSSR count). The SMILES string of the molecule is C/C=C/c1ccc(OCC(=O)OCC(=O)N(CC(=O)OCC)c2ccccc2)c(OC)c1. The molecule has 0 aromatic heterocycles. The van der Waals surface area contributed by atoms with Gasteiger partial charge in [-0.15, -0.1) is 0 Å². The number of ether oxygens (including phenoxy) is 4. The highest BCUT2D eigenvalue weighted by molar-refractivity contribution is 5.99. The molecule has 8 nitrogen and oxygen atoms in total. The molecule has 2 aromatic carbocycles. The fourth-order valence-corrected chi connectivity index (χ4v) is 2.77. The van der Waals surface area contributed by atoms with Gasteiger partial charge in [0, 0.05) is 5.69 Å². The average Bonchev–Trinajstić information content (AvgIpc) is 2.81. The van der Waals surface area contributed by atoms with Crippen molar-refractivity contribution in [3.05, 3.63) is 60.2 Å². The molecule has 8 heteroatoms. The minimum absolute atomic E-state index is 0.196. The second kappa shape index (κ2) is 12.8. The minimum Gasteiger partial charge on any atom is -0.493 e. The summed E-state index contributed by atoms with van der Waals surface area (Å²) in [4.78, 5) is 37.8. The Morgan fingerprint density at radius 1 is 0.938 bits per heavy atom. The molecule has 0 aliphatic carbocycles. The highest BCUT2D eigenvalue weighted by Gasteiger charge is 2.21. The van der Waals surface area contributed by atoms with Crippen molar-refractivity contribution in [1.82, 2.24) is 0 Å². The monoisotopic (exact) mass is 441 g/mol. The number of allylic oxidation sites excluding steroid dienone is 1. The predicted octanol–water partition coefficient (Wildman–Crippen LogP) is 3.25. The Bertz CT molecular complexity index is 941. The van der Waals surface area contributed by atoms with Crippen LogP contribution in [0.15, 0.2) is 54.6 Å². The molecule has 0 N–H and O–H groups in total. The van der Waals surface area contributed by atoms with E-state index < -0.39 is 31.1 Å². The van der Waals surface area contributed by atoms with Crippen molar-refractivity contribution in [2.45, 2.75) is 13.8 Å². The van der Waals surface area contributed by atoms with Crippen LogP contribution in [0, 0.1) is 0 Å². The van der Waals surface area contributed by atoms with Gasteiger partial charge in [-0.05, 0) is 43.7 Å². The van der Waals surface area contributed by atoms with E-state index in [0.29, 0.717) is 17.2 Å². The number of carbonyl (C=O) groups is 3. The van der Waals surface area contributed by atoms with Crippen LogP contribution >= 0.6 is 0 Å². The smallest absolute Gasteiger partial charge is 0.344 e. The quantitative estimate of drug-likeness (QED) is 0.494. The summed E-state index contributed by atoms with van der Waals surface area (Å²) in [6.07, 6.45) is 3.80. The van der Waals surface area contributed by atoms with Crippen molar-refractivity contribution in [3.8, 4) is 11.5 Å². The lowest BCUT2D eigenvalue weighted by atomic mass is 10.2. The first-order valence-electron chi connectivity index (χ1n) is 10.1. The van der Waals surface area contributed by atoms with Crippen molar-refractivity contribution >= 4 is 29.6 Å². The molecule has 32 heavy (non-hydrogen) atoms. The number of anilines is 1. The molecule has 0 spiro atoms. The number of nitrogens with zero attached hydrogens (tertiary/aromatic N) is 1. The maximum Gasteiger partial charge on any atom is 0.344 e. The number of hydrogen-bond donors (Lipinski definition) is 0. The number of benzene rings is 2. The Hall–Kier alpha value is -3.81. The second-order valence-electron chi connectivity index (χ2n) is 6.48. The van der Waals surface area contributed by atoms with Crippen LogP contribution in [0.1, 0.15) is 19.4 Å². The number of rotatable bonds is 11. The van der Waals surface area contributed by atoms with Crippen LogP contribution in [0.3, 0.4) is 0 Å². The van der Waals surface area contributed by atoms with Crippen molar-refractivity contribution in [1.29, 1.82) is 0 Å². The zero-order valence-electron chi connectivity index (χ0n) is 18.4. The van der Waals surface area contributed by atoms with Crippen LogP contribution in [-0.2, 0) is 23.9 Å². The van der Waals surface area contributed by atoms with Gasteiger partial charge in [-0.2, -0.15) is 0 Å². The highest BCUT2D eigenvalue weighted by atomic mass is 16.6. The van der Waals surface area contributed by atoms with Crippen molar-refractivity contribution in [3.63, 3.8) is 0 Å². The molecule has 0 atom stereocenters. The molecule has 1 amide bonds. The van der Waals surface area contributed by atoms with Crippen LogP contribution < -0.4 is 14.4 Å². The number of carbonyl (C=O) groups excluding carboxylic acids is 3. The molecule has 170 valence electrons. The summed E-state index contributed by atoms with van der Waals surface area (Å²) in [5, 5.41) is 0. The third kappa shape index (κ3) is 7.46. The lowest BCUT2D eigenvalue weighted by Gasteiger charge is -2.21. The predicted molar refractivity (Wildman–Crippen MR) is 120 cm³/mol. The fraction of sp³-hybridized carbons (Fsp3) is 0.292. The molecule has 0 unspecified atom stereocenters. The molecule has 0 aliphatic rings. The lowest BCUT2D eigenvalue weighted by molar-refractivity contribution is -0.150. The third-order valence-electron chi connectivity index (χ3n) is 4.21. The maximum atomic E-state index is 12.6. The van der Waals surface area contributed by atoms with Gasteiger partial charge in [0.1, 0.15) is 6.54 Å². The molecular weight excluding hydrogens is 414 g/mol. The maximum absolute atomic E-state index is 12.6. The van der Waals surface area contributed by atoms with E-state index in [2.05, 4.69) is 0 Å². The van der Waals surface area contributed by atoms with Crippen LogP contribution in [0.25, 0.3) is 6.08 Å². The van der Waals surface area contributed by atoms with Crippen LogP contribution in [-0.4, -0.2) is 51.3 Å². The Morgan fingerprint density at radius 3 is 2.34 bits per heavy atom. The van der Waals surface area contributed by atoms with Gasteiger partial charge in [-0.3, -0.25) is 14.5 Å². The summed E-state index contributed by atoms with van der Waals surface area (Å²) in [6, 6.07) is 13.9. The topological polar surface area (TPSA) is 91.4 Å². The fourth-order valence-electron chi connectivity index (χ4n) is 2.77. The number of esters is 2. The van der Waals surface area contributed by atoms with E-state index in [-0.39, 0.29) is 13.2 Å². The van der Waals surface area contributed by atoms with Gasteiger partial charge in [-0.1, -0.05) is 36.4 Å². The summed E-state index contributed by atoms with van der Waals surface area (Å²) in [6.45, 7) is 2.53. The first kappa shape index (κ1) is 24.5. The second-order valence-corrected chi connectivity index (χ2v) is 6.48. The van der Waals surface area contributed by atoms with E-state index in [4.69, 9.17) is 18.9 Å². The van der Waals surface area contributed by atoms with Gasteiger partial charge >= 0.3 is 11.9 Å². The Balaban J connectivity index is 1.95. The normalized spacial score (nSPS) is 10.5.